The molecule has 4 aliphatic rings. The molecule has 0 aromatic heterocycles. The predicted molar refractivity (Wildman–Crippen MR) is 145 cm³/mol. The van der Waals surface area contributed by atoms with Gasteiger partial charge in [0, 0.05) is 22.6 Å². The van der Waals surface area contributed by atoms with E-state index in [0.717, 1.165) is 11.1 Å². The first-order chi connectivity index (χ1) is 19.2. The second-order valence-corrected chi connectivity index (χ2v) is 10.8. The molecule has 3 aliphatic carbocycles. The van der Waals surface area contributed by atoms with Crippen LogP contribution in [-0.2, 0) is 25.7 Å². The monoisotopic (exact) mass is 539 g/mol. The Morgan fingerprint density at radius 1 is 0.950 bits per heavy atom. The summed E-state index contributed by atoms with van der Waals surface area (Å²) in [6, 6.07) is 12.7. The number of hydrogen-bond acceptors (Lipinski definition) is 7. The highest BCUT2D eigenvalue weighted by Gasteiger charge is 2.56. The van der Waals surface area contributed by atoms with Crippen LogP contribution >= 0.6 is 0 Å². The summed E-state index contributed by atoms with van der Waals surface area (Å²) in [5, 5.41) is 10.6. The van der Waals surface area contributed by atoms with Crippen LogP contribution in [0.4, 0.5) is 0 Å². The average Bonchev–Trinajstić information content (AvgIpc) is 3.20. The lowest BCUT2D eigenvalue weighted by atomic mass is 9.59. The van der Waals surface area contributed by atoms with Gasteiger partial charge in [-0.1, -0.05) is 42.0 Å². The van der Waals surface area contributed by atoms with Gasteiger partial charge >= 0.3 is 0 Å². The Morgan fingerprint density at radius 3 is 2.27 bits per heavy atom. The highest BCUT2D eigenvalue weighted by Crippen LogP contribution is 2.56. The van der Waals surface area contributed by atoms with Gasteiger partial charge in [-0.3, -0.25) is 24.1 Å². The number of benzene rings is 2. The molecule has 1 heterocycles. The summed E-state index contributed by atoms with van der Waals surface area (Å²) in [6.45, 7) is 1.81. The summed E-state index contributed by atoms with van der Waals surface area (Å²) in [5.41, 5.74) is 3.38. The van der Waals surface area contributed by atoms with Crippen molar-refractivity contribution < 1.29 is 33.8 Å². The summed E-state index contributed by atoms with van der Waals surface area (Å²) in [6.07, 6.45) is 3.88. The Morgan fingerprint density at radius 2 is 1.62 bits per heavy atom. The number of Topliss-reactive ketones (excluding diaryl/α,β-unsaturated/α-hetero) is 1. The van der Waals surface area contributed by atoms with E-state index in [2.05, 4.69) is 0 Å². The third-order valence-electron chi connectivity index (χ3n) is 8.67. The van der Waals surface area contributed by atoms with Crippen LogP contribution < -0.4 is 9.47 Å². The van der Waals surface area contributed by atoms with E-state index in [9.17, 15) is 24.3 Å². The Balaban J connectivity index is 1.48. The van der Waals surface area contributed by atoms with Crippen LogP contribution in [0.15, 0.2) is 76.9 Å². The summed E-state index contributed by atoms with van der Waals surface area (Å²) < 4.78 is 10.8. The molecule has 2 aromatic rings. The predicted octanol–water partition coefficient (Wildman–Crippen LogP) is 4.04. The largest absolute Gasteiger partial charge is 0.502 e. The van der Waals surface area contributed by atoms with Gasteiger partial charge in [-0.2, -0.15) is 0 Å². The number of methoxy groups -OCH3 is 2. The number of amides is 2. The zero-order valence-electron chi connectivity index (χ0n) is 22.5. The van der Waals surface area contributed by atoms with Crippen molar-refractivity contribution in [2.24, 2.45) is 17.8 Å². The van der Waals surface area contributed by atoms with Crippen molar-refractivity contribution in [1.82, 2.24) is 4.90 Å². The minimum absolute atomic E-state index is 0.163. The molecule has 8 nitrogen and oxygen atoms in total. The molecule has 204 valence electrons. The zero-order chi connectivity index (χ0) is 28.3. The fraction of sp³-hybridized carbons (Fsp3) is 0.312. The lowest BCUT2D eigenvalue weighted by Gasteiger charge is -2.42. The van der Waals surface area contributed by atoms with Gasteiger partial charge < -0.3 is 14.6 Å². The van der Waals surface area contributed by atoms with Gasteiger partial charge in [-0.15, -0.1) is 0 Å². The summed E-state index contributed by atoms with van der Waals surface area (Å²) in [7, 11) is 2.84. The van der Waals surface area contributed by atoms with Crippen molar-refractivity contribution in [3.05, 3.63) is 88.0 Å². The topological polar surface area (TPSA) is 110 Å². The average molecular weight is 540 g/mol. The number of phenolic OH excluding ortho intramolecular Hbond substituents is 1. The van der Waals surface area contributed by atoms with Crippen LogP contribution in [-0.4, -0.2) is 47.6 Å². The zero-order valence-corrected chi connectivity index (χ0v) is 22.5. The first-order valence-corrected chi connectivity index (χ1v) is 13.3. The first kappa shape index (κ1) is 25.8. The minimum Gasteiger partial charge on any atom is -0.502 e. The number of ether oxygens (including phenoxy) is 2. The van der Waals surface area contributed by atoms with Crippen molar-refractivity contribution >= 4 is 23.4 Å². The Kier molecular flexibility index (Phi) is 6.21. The van der Waals surface area contributed by atoms with Crippen molar-refractivity contribution in [3.63, 3.8) is 0 Å². The molecule has 1 N–H and O–H groups in total. The normalized spacial score (nSPS) is 25.7. The molecule has 4 atom stereocenters. The highest BCUT2D eigenvalue weighted by atomic mass is 16.5. The molecule has 2 amide bonds. The maximum atomic E-state index is 13.9. The van der Waals surface area contributed by atoms with Crippen LogP contribution in [0.25, 0.3) is 0 Å². The van der Waals surface area contributed by atoms with Gasteiger partial charge in [0.1, 0.15) is 0 Å². The van der Waals surface area contributed by atoms with Crippen molar-refractivity contribution in [2.45, 2.75) is 32.2 Å². The van der Waals surface area contributed by atoms with Crippen molar-refractivity contribution in [3.8, 4) is 17.2 Å². The van der Waals surface area contributed by atoms with E-state index in [4.69, 9.17) is 9.47 Å². The van der Waals surface area contributed by atoms with Gasteiger partial charge in [-0.25, -0.2) is 0 Å². The molecule has 40 heavy (non-hydrogen) atoms. The lowest BCUT2D eigenvalue weighted by molar-refractivity contribution is -0.140. The fourth-order valence-corrected chi connectivity index (χ4v) is 6.81. The quantitative estimate of drug-likeness (QED) is 0.347. The molecular weight excluding hydrogens is 510 g/mol. The minimum atomic E-state index is -0.663. The van der Waals surface area contributed by atoms with E-state index in [1.807, 2.05) is 36.4 Å². The van der Waals surface area contributed by atoms with Crippen molar-refractivity contribution in [1.29, 1.82) is 0 Å². The van der Waals surface area contributed by atoms with Crippen LogP contribution in [0.1, 0.15) is 36.8 Å². The number of carbonyl (C=O) groups excluding carboxylic acids is 4. The number of imide groups is 1. The maximum absolute atomic E-state index is 13.9. The standard InChI is InChI=1S/C32H29NO7/c1-16-11-23(34)22-14-21-19(26(28(22)29(16)35)18-12-24(39-2)30(36)25(13-18)40-3)9-10-20-27(21)32(38)33(31(20)37)15-17-7-5-4-6-8-17/h4-9,11-13,20-21,26-27,36H,10,14-15H2,1-3H3/t20-,21+,26-,27-/m0/s1. The molecule has 0 unspecified atom stereocenters. The van der Waals surface area contributed by atoms with Crippen LogP contribution in [0, 0.1) is 17.8 Å². The number of nitrogens with zero attached hydrogens (tertiary/aromatic N) is 1. The van der Waals surface area contributed by atoms with Crippen LogP contribution in [0.5, 0.6) is 17.2 Å². The number of phenols is 1. The Bertz CT molecular complexity index is 1540. The SMILES string of the molecule is COc1cc([C@H]2C3=CC[C@@H]4C(=O)N(Cc5ccccc5)C(=O)[C@@H]4[C@@H]3CC3=C2C(=O)C(C)=CC3=O)cc(OC)c1O. The number of aromatic hydroxyl groups is 1. The number of allylic oxidation sites excluding steroid dienone is 6. The molecule has 0 spiro atoms. The van der Waals surface area contributed by atoms with Gasteiger partial charge in [-0.05, 0) is 55.0 Å². The molecule has 2 aromatic carbocycles. The highest BCUT2D eigenvalue weighted by molar-refractivity contribution is 6.23. The summed E-state index contributed by atoms with van der Waals surface area (Å²) in [5.74, 6) is -3.06. The molecule has 0 saturated carbocycles. The van der Waals surface area contributed by atoms with Crippen molar-refractivity contribution in [2.75, 3.05) is 14.2 Å². The van der Waals surface area contributed by atoms with Gasteiger partial charge in [0.2, 0.25) is 17.6 Å². The van der Waals surface area contributed by atoms with Gasteiger partial charge in [0.25, 0.3) is 0 Å². The Hall–Kier alpha value is -4.46. The molecule has 1 saturated heterocycles. The molecule has 1 aliphatic heterocycles. The van der Waals surface area contributed by atoms with E-state index < -0.39 is 23.7 Å². The van der Waals surface area contributed by atoms with Crippen LogP contribution in [0.2, 0.25) is 0 Å². The summed E-state index contributed by atoms with van der Waals surface area (Å²) >= 11 is 0. The number of hydrogen-bond donors (Lipinski definition) is 1. The van der Waals surface area contributed by atoms with E-state index in [-0.39, 0.29) is 53.6 Å². The van der Waals surface area contributed by atoms with E-state index in [1.165, 1.54) is 25.2 Å². The second-order valence-electron chi connectivity index (χ2n) is 10.8. The van der Waals surface area contributed by atoms with Gasteiger partial charge in [0.05, 0.1) is 32.6 Å². The third kappa shape index (κ3) is 3.81. The molecule has 6 rings (SSSR count). The number of fused-ring (bicyclic) bond motifs is 3. The molecule has 1 fully saturated rings. The number of ketones is 2. The fourth-order valence-electron chi connectivity index (χ4n) is 6.81. The number of likely N-dealkylation sites (tertiary alicyclic amines) is 1. The number of rotatable bonds is 5. The molecule has 8 heteroatoms. The van der Waals surface area contributed by atoms with E-state index >= 15 is 0 Å². The molecule has 0 bridgehead atoms. The molecule has 0 radical (unpaired) electrons. The first-order valence-electron chi connectivity index (χ1n) is 13.3. The van der Waals surface area contributed by atoms with Crippen LogP contribution in [0.3, 0.4) is 0 Å². The van der Waals surface area contributed by atoms with E-state index in [0.29, 0.717) is 28.7 Å². The second kappa shape index (κ2) is 9.62. The smallest absolute Gasteiger partial charge is 0.234 e. The van der Waals surface area contributed by atoms with Gasteiger partial charge in [0.15, 0.2) is 23.1 Å². The van der Waals surface area contributed by atoms with E-state index in [1.54, 1.807) is 19.1 Å². The number of carbonyl (C=O) groups is 4. The Labute approximate surface area is 231 Å². The molecular formula is C32H29NO7. The third-order valence-corrected chi connectivity index (χ3v) is 8.67. The summed E-state index contributed by atoms with van der Waals surface area (Å²) in [4.78, 5) is 55.6. The lowest BCUT2D eigenvalue weighted by Crippen LogP contribution is -2.39. The maximum Gasteiger partial charge on any atom is 0.234 e.